The third-order valence-corrected chi connectivity index (χ3v) is 29.5. The zero-order chi connectivity index (χ0) is 66.8. The molecular weight excluding hydrogens is 2040 g/mol. The van der Waals surface area contributed by atoms with Gasteiger partial charge >= 0.3 is 89.5 Å². The van der Waals surface area contributed by atoms with Gasteiger partial charge in [-0.15, -0.1) is 70.8 Å². The largest absolute Gasteiger partial charge is 1.00 e. The van der Waals surface area contributed by atoms with Gasteiger partial charge in [0.15, 0.2) is 0 Å². The molecule has 0 unspecified atom stereocenters. The van der Waals surface area contributed by atoms with Crippen LogP contribution in [0, 0.1) is 49.4 Å². The van der Waals surface area contributed by atoms with E-state index in [1.165, 1.54) is 108 Å². The Morgan fingerprint density at radius 3 is 0.578 bits per heavy atom. The molecule has 2 aliphatic rings. The Bertz CT molecular complexity index is 4520. The Labute approximate surface area is 670 Å². The standard InChI is InChI=1S/2C30H24P2.2C17H8.4Au/c2*1-5-15-25(16-6-1)31(26-17-7-2-8-18-26)29-23-13-14-24-30(29)32(27-19-9-3-10-20-27)28-21-11-4-12-22-28;2*1-3-12-6-8-16-15(9-12)11-14-7-5-13(4-2)10-17(14)16;;;;/h2*1-24H;2*5-10H,11H2;;;;/q;;2*-2;4*+1/p+4. The molecule has 0 amide bonds. The predicted molar refractivity (Wildman–Crippen MR) is 428 cm³/mol. The Balaban J connectivity index is 0.000000162. The molecule has 0 heterocycles. The molecule has 16 rings (SSSR count). The van der Waals surface area contributed by atoms with Crippen LogP contribution in [0.3, 0.4) is 0 Å². The molecular formula is C94H68Au4P4+4. The van der Waals surface area contributed by atoms with E-state index in [9.17, 15) is 0 Å². The number of fused-ring (bicyclic) bond motifs is 6. The minimum atomic E-state index is -1.14. The van der Waals surface area contributed by atoms with Crippen LogP contribution in [0.2, 0.25) is 0 Å². The van der Waals surface area contributed by atoms with Crippen molar-refractivity contribution < 1.29 is 89.5 Å². The number of hydrogen-bond acceptors (Lipinski definition) is 0. The molecule has 102 heavy (non-hydrogen) atoms. The first kappa shape index (κ1) is 78.1. The van der Waals surface area contributed by atoms with Gasteiger partial charge < -0.3 is 25.7 Å². The quantitative estimate of drug-likeness (QED) is 0.0495. The van der Waals surface area contributed by atoms with Gasteiger partial charge in [-0.25, -0.2) is 0 Å². The fourth-order valence-electron chi connectivity index (χ4n) is 13.3. The van der Waals surface area contributed by atoms with Crippen LogP contribution in [0.4, 0.5) is 0 Å². The first-order chi connectivity index (χ1) is 48.5. The van der Waals surface area contributed by atoms with E-state index in [1.807, 2.05) is 60.7 Å². The number of rotatable bonds is 12. The smallest absolute Gasteiger partial charge is 0.366 e. The van der Waals surface area contributed by atoms with Gasteiger partial charge in [0.25, 0.3) is 0 Å². The van der Waals surface area contributed by atoms with Crippen molar-refractivity contribution in [1.29, 1.82) is 0 Å². The summed E-state index contributed by atoms with van der Waals surface area (Å²) in [5.74, 6) is 9.66. The molecule has 0 spiro atoms. The molecule has 0 bridgehead atoms. The normalized spacial score (nSPS) is 10.7. The molecule has 2 aliphatic carbocycles. The van der Waals surface area contributed by atoms with Crippen LogP contribution in [-0.4, -0.2) is 0 Å². The molecule has 0 nitrogen and oxygen atoms in total. The van der Waals surface area contributed by atoms with Gasteiger partial charge in [-0.2, -0.15) is 0 Å². The van der Waals surface area contributed by atoms with Crippen LogP contribution in [-0.2, 0) is 102 Å². The van der Waals surface area contributed by atoms with E-state index < -0.39 is 31.7 Å². The molecule has 14 aromatic rings. The van der Waals surface area contributed by atoms with E-state index in [1.54, 1.807) is 0 Å². The Hall–Kier alpha value is -8.00. The van der Waals surface area contributed by atoms with Crippen molar-refractivity contribution in [2.24, 2.45) is 0 Å². The predicted octanol–water partition coefficient (Wildman–Crippen LogP) is 15.6. The van der Waals surface area contributed by atoms with Crippen LogP contribution < -0.4 is 63.7 Å². The summed E-state index contributed by atoms with van der Waals surface area (Å²) in [5, 5.41) is 17.4. The molecule has 0 saturated carbocycles. The third kappa shape index (κ3) is 18.7. The van der Waals surface area contributed by atoms with Crippen LogP contribution in [0.15, 0.2) is 364 Å². The van der Waals surface area contributed by atoms with E-state index in [0.717, 1.165) is 35.1 Å². The summed E-state index contributed by atoms with van der Waals surface area (Å²) in [6.45, 7) is 0. The van der Waals surface area contributed by atoms with Crippen molar-refractivity contribution in [1.82, 2.24) is 0 Å². The van der Waals surface area contributed by atoms with E-state index in [2.05, 4.69) is 327 Å². The minimum Gasteiger partial charge on any atom is -0.366 e. The van der Waals surface area contributed by atoms with Crippen molar-refractivity contribution in [3.05, 3.63) is 434 Å². The van der Waals surface area contributed by atoms with Gasteiger partial charge in [0.2, 0.25) is 0 Å². The summed E-state index contributed by atoms with van der Waals surface area (Å²) in [5.41, 5.74) is 13.1. The van der Waals surface area contributed by atoms with Gasteiger partial charge in [-0.1, -0.05) is 205 Å². The zero-order valence-electron chi connectivity index (χ0n) is 55.3. The van der Waals surface area contributed by atoms with E-state index in [-0.39, 0.29) is 89.5 Å². The summed E-state index contributed by atoms with van der Waals surface area (Å²) in [4.78, 5) is 0. The van der Waals surface area contributed by atoms with Crippen LogP contribution >= 0.6 is 31.7 Å². The molecule has 0 aliphatic heterocycles. The summed E-state index contributed by atoms with van der Waals surface area (Å²) < 4.78 is 0. The van der Waals surface area contributed by atoms with Crippen molar-refractivity contribution in [2.75, 3.05) is 0 Å². The Morgan fingerprint density at radius 1 is 0.186 bits per heavy atom. The maximum absolute atomic E-state index is 7.17. The van der Waals surface area contributed by atoms with E-state index >= 15 is 0 Å². The Morgan fingerprint density at radius 2 is 0.373 bits per heavy atom. The second-order valence-corrected chi connectivity index (χ2v) is 33.6. The van der Waals surface area contributed by atoms with Crippen LogP contribution in [0.25, 0.3) is 22.3 Å². The average molecular weight is 2110 g/mol. The molecule has 0 radical (unpaired) electrons. The van der Waals surface area contributed by atoms with Crippen molar-refractivity contribution in [3.8, 4) is 45.9 Å². The first-order valence-corrected chi connectivity index (χ1v) is 38.8. The topological polar surface area (TPSA) is 0 Å². The summed E-state index contributed by atoms with van der Waals surface area (Å²) >= 11 is 0. The van der Waals surface area contributed by atoms with E-state index in [0.29, 0.717) is 0 Å². The number of hydrogen-bond donors (Lipinski definition) is 0. The van der Waals surface area contributed by atoms with Gasteiger partial charge in [0.05, 0.1) is 0 Å². The minimum absolute atomic E-state index is 0. The third-order valence-electron chi connectivity index (χ3n) is 17.8. The summed E-state index contributed by atoms with van der Waals surface area (Å²) in [7, 11) is -4.56. The average Bonchev–Trinajstić information content (AvgIpc) is 1.37. The van der Waals surface area contributed by atoms with Gasteiger partial charge in [-0.05, 0) is 168 Å². The summed E-state index contributed by atoms with van der Waals surface area (Å²) in [6.07, 6.45) is 30.4. The second-order valence-electron chi connectivity index (χ2n) is 23.9. The molecule has 504 valence electrons. The molecule has 0 N–H and O–H groups in total. The molecule has 8 heteroatoms. The molecule has 0 aromatic heterocycles. The van der Waals surface area contributed by atoms with Crippen LogP contribution in [0.5, 0.6) is 0 Å². The Kier molecular flexibility index (Phi) is 29.9. The fraction of sp³-hybridized carbons (Fsp3) is 0.0213. The molecule has 14 aromatic carbocycles. The van der Waals surface area contributed by atoms with Gasteiger partial charge in [0, 0.05) is 0 Å². The molecule has 0 saturated heterocycles. The maximum Gasteiger partial charge on any atom is 1.00 e. The molecule has 0 fully saturated rings. The molecule has 0 atom stereocenters. The SMILES string of the molecule is [Au+].[Au+].[Au+].[Au+].[C-]#Cc1ccc2c(c1)Cc1ccc(C#[C-])cc1-2.[C-]#Cc1ccc2c(c1)Cc1ccc(C#[C-])cc1-2.c1ccc([PH+](c2ccccc2)c2ccccc2[PH+](c2ccccc2)c2ccccc2)cc1.c1ccc([PH+](c2ccccc2)c2ccccc2[PH+](c2ccccc2)c2ccccc2)cc1. The van der Waals surface area contributed by atoms with Crippen LogP contribution in [0.1, 0.15) is 44.5 Å². The monoisotopic (exact) mass is 2110 g/mol. The van der Waals surface area contributed by atoms with Crippen molar-refractivity contribution in [3.63, 3.8) is 0 Å². The summed E-state index contributed by atoms with van der Waals surface area (Å²) in [6, 6.07) is 131. The van der Waals surface area contributed by atoms with Gasteiger partial charge in [-0.3, -0.25) is 23.7 Å². The van der Waals surface area contributed by atoms with Crippen molar-refractivity contribution >= 4 is 95.3 Å². The number of benzene rings is 14. The second kappa shape index (κ2) is 39.0. The van der Waals surface area contributed by atoms with E-state index in [4.69, 9.17) is 25.7 Å². The zero-order valence-corrected chi connectivity index (χ0v) is 67.9. The van der Waals surface area contributed by atoms with Crippen molar-refractivity contribution in [2.45, 2.75) is 12.8 Å². The maximum atomic E-state index is 7.17. The fourth-order valence-corrected chi connectivity index (χ4v) is 25.3. The first-order valence-electron chi connectivity index (χ1n) is 32.8. The van der Waals surface area contributed by atoms with Gasteiger partial charge in [0.1, 0.15) is 95.3 Å².